The van der Waals surface area contributed by atoms with Crippen molar-refractivity contribution in [1.29, 1.82) is 0 Å². The zero-order chi connectivity index (χ0) is 14.0. The van der Waals surface area contributed by atoms with E-state index in [1.54, 1.807) is 11.0 Å². The first-order chi connectivity index (χ1) is 9.04. The minimum absolute atomic E-state index is 0.0333. The molecule has 19 heavy (non-hydrogen) atoms. The van der Waals surface area contributed by atoms with Gasteiger partial charge in [0, 0.05) is 23.7 Å². The number of rotatable bonds is 3. The van der Waals surface area contributed by atoms with Crippen molar-refractivity contribution in [1.82, 2.24) is 0 Å². The highest BCUT2D eigenvalue weighted by molar-refractivity contribution is 6.30. The number of fused-ring (bicyclic) bond motifs is 1. The fourth-order valence-corrected chi connectivity index (χ4v) is 2.66. The number of amides is 1. The summed E-state index contributed by atoms with van der Waals surface area (Å²) in [5.74, 6) is -0.0110. The Morgan fingerprint density at radius 3 is 2.74 bits per heavy atom. The summed E-state index contributed by atoms with van der Waals surface area (Å²) in [7, 11) is 0. The molecule has 1 amide bonds. The van der Waals surface area contributed by atoms with Gasteiger partial charge in [-0.2, -0.15) is 0 Å². The van der Waals surface area contributed by atoms with Crippen molar-refractivity contribution >= 4 is 29.0 Å². The fourth-order valence-electron chi connectivity index (χ4n) is 2.50. The van der Waals surface area contributed by atoms with Crippen LogP contribution in [0.5, 0.6) is 0 Å². The highest BCUT2D eigenvalue weighted by Crippen LogP contribution is 2.30. The number of halogens is 1. The molecule has 0 fully saturated rings. The van der Waals surface area contributed by atoms with E-state index in [1.165, 1.54) is 0 Å². The van der Waals surface area contributed by atoms with Crippen LogP contribution in [0, 0.1) is 0 Å². The van der Waals surface area contributed by atoms with Crippen LogP contribution in [0.25, 0.3) is 0 Å². The lowest BCUT2D eigenvalue weighted by atomic mass is 10.0. The summed E-state index contributed by atoms with van der Waals surface area (Å²) in [6.07, 6.45) is 2.29. The molecule has 2 rings (SSSR count). The third-order valence-electron chi connectivity index (χ3n) is 3.41. The van der Waals surface area contributed by atoms with Crippen molar-refractivity contribution in [3.05, 3.63) is 29.3 Å². The van der Waals surface area contributed by atoms with Crippen LogP contribution in [-0.2, 0) is 11.2 Å². The third kappa shape index (κ3) is 2.81. The third-order valence-corrected chi connectivity index (χ3v) is 3.65. The number of alkyl halides is 1. The van der Waals surface area contributed by atoms with Crippen molar-refractivity contribution in [2.45, 2.75) is 39.2 Å². The van der Waals surface area contributed by atoms with Gasteiger partial charge < -0.3 is 4.90 Å². The number of Topliss-reactive ketones (excluding diaryl/α,β-unsaturated/α-hetero) is 1. The topological polar surface area (TPSA) is 37.4 Å². The first-order valence-electron chi connectivity index (χ1n) is 6.58. The molecule has 0 unspecified atom stereocenters. The minimum Gasteiger partial charge on any atom is -0.310 e. The van der Waals surface area contributed by atoms with Gasteiger partial charge in [-0.15, -0.1) is 11.6 Å². The van der Waals surface area contributed by atoms with Gasteiger partial charge in [0.2, 0.25) is 5.91 Å². The van der Waals surface area contributed by atoms with Gasteiger partial charge in [0.15, 0.2) is 5.78 Å². The Bertz CT molecular complexity index is 511. The molecule has 0 aliphatic carbocycles. The lowest BCUT2D eigenvalue weighted by molar-refractivity contribution is -0.118. The van der Waals surface area contributed by atoms with Crippen molar-refractivity contribution in [2.75, 3.05) is 10.8 Å². The largest absolute Gasteiger partial charge is 0.310 e. The predicted molar refractivity (Wildman–Crippen MR) is 77.1 cm³/mol. The number of hydrogen-bond donors (Lipinski definition) is 0. The number of hydrogen-bond acceptors (Lipinski definition) is 2. The van der Waals surface area contributed by atoms with Crippen LogP contribution in [0.3, 0.4) is 0 Å². The number of benzene rings is 1. The van der Waals surface area contributed by atoms with Crippen LogP contribution in [0.1, 0.15) is 42.6 Å². The van der Waals surface area contributed by atoms with Crippen LogP contribution in [-0.4, -0.2) is 23.6 Å². The van der Waals surface area contributed by atoms with Crippen molar-refractivity contribution in [2.24, 2.45) is 0 Å². The molecule has 0 radical (unpaired) electrons. The maximum Gasteiger partial charge on any atom is 0.227 e. The summed E-state index contributed by atoms with van der Waals surface area (Å²) in [4.78, 5) is 25.7. The van der Waals surface area contributed by atoms with Gasteiger partial charge >= 0.3 is 0 Å². The molecule has 1 aromatic carbocycles. The minimum atomic E-state index is -0.107. The summed E-state index contributed by atoms with van der Waals surface area (Å²) < 4.78 is 0. The van der Waals surface area contributed by atoms with E-state index >= 15 is 0 Å². The molecule has 1 aromatic rings. The molecular formula is C15H18ClNO2. The molecule has 0 atom stereocenters. The van der Waals surface area contributed by atoms with Crippen LogP contribution < -0.4 is 4.90 Å². The molecule has 0 aromatic heterocycles. The van der Waals surface area contributed by atoms with E-state index in [0.717, 1.165) is 24.1 Å². The van der Waals surface area contributed by atoms with E-state index in [1.807, 2.05) is 26.0 Å². The van der Waals surface area contributed by atoms with Crippen molar-refractivity contribution in [3.63, 3.8) is 0 Å². The molecule has 102 valence electrons. The van der Waals surface area contributed by atoms with Crippen molar-refractivity contribution in [3.8, 4) is 0 Å². The van der Waals surface area contributed by atoms with Gasteiger partial charge in [0.25, 0.3) is 0 Å². The molecule has 0 spiro atoms. The Morgan fingerprint density at radius 2 is 2.11 bits per heavy atom. The van der Waals surface area contributed by atoms with Crippen LogP contribution in [0.2, 0.25) is 0 Å². The molecule has 1 aliphatic heterocycles. The summed E-state index contributed by atoms with van der Waals surface area (Å²) >= 11 is 5.60. The molecule has 1 aliphatic rings. The number of carbonyl (C=O) groups is 2. The molecule has 3 nitrogen and oxygen atoms in total. The summed E-state index contributed by atoms with van der Waals surface area (Å²) in [6, 6.07) is 5.65. The van der Waals surface area contributed by atoms with Gasteiger partial charge in [-0.25, -0.2) is 0 Å². The lowest BCUT2D eigenvalue weighted by Crippen LogP contribution is -2.36. The number of carbonyl (C=O) groups excluding carboxylic acids is 2. The molecule has 1 heterocycles. The molecule has 0 saturated carbocycles. The Labute approximate surface area is 118 Å². The summed E-state index contributed by atoms with van der Waals surface area (Å²) in [5.41, 5.74) is 2.58. The maximum absolute atomic E-state index is 12.2. The summed E-state index contributed by atoms with van der Waals surface area (Å²) in [5, 5.41) is 0. The van der Waals surface area contributed by atoms with E-state index in [9.17, 15) is 9.59 Å². The zero-order valence-electron chi connectivity index (χ0n) is 11.3. The smallest absolute Gasteiger partial charge is 0.227 e. The number of aryl methyl sites for hydroxylation is 1. The second kappa shape index (κ2) is 5.74. The first kappa shape index (κ1) is 14.1. The zero-order valence-corrected chi connectivity index (χ0v) is 12.0. The quantitative estimate of drug-likeness (QED) is 0.629. The van der Waals surface area contributed by atoms with Gasteiger partial charge in [0.05, 0.1) is 5.88 Å². The normalized spacial score (nSPS) is 15.4. The SMILES string of the molecule is CC(C)N1C(=O)CCCc2ccc(C(=O)CCl)cc21. The van der Waals surface area contributed by atoms with E-state index in [-0.39, 0.29) is 23.6 Å². The van der Waals surface area contributed by atoms with Gasteiger partial charge in [0.1, 0.15) is 0 Å². The van der Waals surface area contributed by atoms with Crippen LogP contribution in [0.4, 0.5) is 5.69 Å². The Kier molecular flexibility index (Phi) is 4.25. The first-order valence-corrected chi connectivity index (χ1v) is 7.12. The standard InChI is InChI=1S/C15H18ClNO2/c1-10(2)17-13-8-12(14(18)9-16)7-6-11(13)4-3-5-15(17)19/h6-8,10H,3-5,9H2,1-2H3. The van der Waals surface area contributed by atoms with Crippen molar-refractivity contribution < 1.29 is 9.59 Å². The maximum atomic E-state index is 12.2. The fraction of sp³-hybridized carbons (Fsp3) is 0.467. The Hall–Kier alpha value is -1.35. The summed E-state index contributed by atoms with van der Waals surface area (Å²) in [6.45, 7) is 3.98. The second-order valence-corrected chi connectivity index (χ2v) is 5.38. The number of nitrogens with zero attached hydrogens (tertiary/aromatic N) is 1. The highest BCUT2D eigenvalue weighted by Gasteiger charge is 2.25. The second-order valence-electron chi connectivity index (χ2n) is 5.11. The van der Waals surface area contributed by atoms with E-state index in [0.29, 0.717) is 12.0 Å². The Morgan fingerprint density at radius 1 is 1.37 bits per heavy atom. The van der Waals surface area contributed by atoms with E-state index < -0.39 is 0 Å². The van der Waals surface area contributed by atoms with Gasteiger partial charge in [-0.3, -0.25) is 9.59 Å². The average molecular weight is 280 g/mol. The van der Waals surface area contributed by atoms with Crippen LogP contribution in [0.15, 0.2) is 18.2 Å². The highest BCUT2D eigenvalue weighted by atomic mass is 35.5. The number of anilines is 1. The molecule has 0 N–H and O–H groups in total. The van der Waals surface area contributed by atoms with E-state index in [2.05, 4.69) is 0 Å². The monoisotopic (exact) mass is 279 g/mol. The number of ketones is 1. The Balaban J connectivity index is 2.51. The average Bonchev–Trinajstić information content (AvgIpc) is 2.54. The lowest BCUT2D eigenvalue weighted by Gasteiger charge is -2.27. The predicted octanol–water partition coefficient (Wildman–Crippen LogP) is 3.19. The molecular weight excluding hydrogens is 262 g/mol. The van der Waals surface area contributed by atoms with E-state index in [4.69, 9.17) is 11.6 Å². The molecule has 0 bridgehead atoms. The van der Waals surface area contributed by atoms with Gasteiger partial charge in [-0.05, 0) is 38.3 Å². The van der Waals surface area contributed by atoms with Crippen LogP contribution >= 0.6 is 11.6 Å². The molecule has 0 saturated heterocycles. The van der Waals surface area contributed by atoms with Gasteiger partial charge in [-0.1, -0.05) is 12.1 Å². The molecule has 4 heteroatoms.